The number of hydrogen-bond donors (Lipinski definition) is 2. The van der Waals surface area contributed by atoms with E-state index in [1.807, 2.05) is 18.2 Å². The lowest BCUT2D eigenvalue weighted by Crippen LogP contribution is -2.33. The molecule has 3 N–H and O–H groups in total. The van der Waals surface area contributed by atoms with Crippen molar-refractivity contribution in [3.8, 4) is 0 Å². The number of benzene rings is 5. The number of carbonyl (C=O) groups is 2. The molecule has 0 unspecified atom stereocenters. The molecule has 5 aromatic rings. The molecule has 5 aromatic carbocycles. The standard InChI is InChI=1S/C19H20N2O4.C19H22N2O2.C11H15N/c1-25-19(22)17-13-16(7-8-18(17)21(23)24)20-11-9-15(10-12-20)14-5-3-2-4-6-14;1-23-19(22)17-13-16(7-8-18(17)20)21-11-9-15(10-12-21)14-5-3-2-4-6-14;1-2-4-10(5-3-1)11-6-8-12-9-7-11/h2-8,13,15H,9-12H2,1H3;2-8,13,15H,9-12,20H2,1H3;1-5,11-12H,6-9H2. The maximum Gasteiger partial charge on any atom is 0.344 e. The van der Waals surface area contributed by atoms with Crippen LogP contribution in [0.3, 0.4) is 0 Å². The number of methoxy groups -OCH3 is 2. The zero-order valence-electron chi connectivity index (χ0n) is 34.7. The number of nitrogen functional groups attached to an aromatic ring is 1. The lowest BCUT2D eigenvalue weighted by molar-refractivity contribution is -0.385. The van der Waals surface area contributed by atoms with Crippen molar-refractivity contribution in [2.45, 2.75) is 56.3 Å². The molecule has 3 saturated heterocycles. The molecule has 0 radical (unpaired) electrons. The highest BCUT2D eigenvalue weighted by atomic mass is 16.6. The number of nitrogens with zero attached hydrogens (tertiary/aromatic N) is 3. The van der Waals surface area contributed by atoms with Crippen molar-refractivity contribution in [3.05, 3.63) is 165 Å². The second kappa shape index (κ2) is 21.7. The molecule has 11 nitrogen and oxygen atoms in total. The number of nitro groups is 1. The van der Waals surface area contributed by atoms with Crippen LogP contribution in [-0.2, 0) is 9.47 Å². The summed E-state index contributed by atoms with van der Waals surface area (Å²) in [4.78, 5) is 38.7. The highest BCUT2D eigenvalue weighted by molar-refractivity contribution is 5.96. The largest absolute Gasteiger partial charge is 0.465 e. The molecule has 0 spiro atoms. The molecule has 3 fully saturated rings. The van der Waals surface area contributed by atoms with E-state index in [1.54, 1.807) is 18.2 Å². The van der Waals surface area contributed by atoms with E-state index in [2.05, 4.69) is 105 Å². The number of nitro benzene ring substituents is 1. The predicted octanol–water partition coefficient (Wildman–Crippen LogP) is 9.36. The smallest absolute Gasteiger partial charge is 0.344 e. The molecule has 0 amide bonds. The van der Waals surface area contributed by atoms with Gasteiger partial charge in [0.15, 0.2) is 0 Å². The van der Waals surface area contributed by atoms with Crippen LogP contribution in [0, 0.1) is 10.1 Å². The Morgan fingerprint density at radius 3 is 1.38 bits per heavy atom. The number of carbonyl (C=O) groups excluding carboxylic acids is 2. The van der Waals surface area contributed by atoms with Gasteiger partial charge in [-0.25, -0.2) is 9.59 Å². The first-order valence-corrected chi connectivity index (χ1v) is 21.0. The van der Waals surface area contributed by atoms with Gasteiger partial charge in [0.25, 0.3) is 5.69 Å². The third-order valence-corrected chi connectivity index (χ3v) is 11.9. The minimum absolute atomic E-state index is 0.00446. The van der Waals surface area contributed by atoms with Gasteiger partial charge in [-0.15, -0.1) is 0 Å². The number of esters is 2. The minimum Gasteiger partial charge on any atom is -0.465 e. The summed E-state index contributed by atoms with van der Waals surface area (Å²) in [6.07, 6.45) is 6.83. The van der Waals surface area contributed by atoms with E-state index in [-0.39, 0.29) is 17.2 Å². The van der Waals surface area contributed by atoms with E-state index in [1.165, 1.54) is 62.9 Å². The van der Waals surface area contributed by atoms with Crippen molar-refractivity contribution in [1.29, 1.82) is 0 Å². The van der Waals surface area contributed by atoms with Crippen LogP contribution in [0.15, 0.2) is 127 Å². The Morgan fingerprint density at radius 1 is 0.583 bits per heavy atom. The average molecular weight is 812 g/mol. The van der Waals surface area contributed by atoms with Crippen molar-refractivity contribution < 1.29 is 24.0 Å². The van der Waals surface area contributed by atoms with E-state index in [0.29, 0.717) is 23.1 Å². The third-order valence-electron chi connectivity index (χ3n) is 11.9. The van der Waals surface area contributed by atoms with Crippen molar-refractivity contribution >= 4 is 34.7 Å². The molecular weight excluding hydrogens is 755 g/mol. The van der Waals surface area contributed by atoms with Gasteiger partial charge in [-0.3, -0.25) is 10.1 Å². The summed E-state index contributed by atoms with van der Waals surface area (Å²) in [5.41, 5.74) is 12.7. The van der Waals surface area contributed by atoms with E-state index in [9.17, 15) is 19.7 Å². The molecule has 3 aliphatic heterocycles. The number of nitrogens with one attached hydrogen (secondary N) is 1. The number of piperidine rings is 3. The summed E-state index contributed by atoms with van der Waals surface area (Å²) in [6.45, 7) is 6.00. The molecule has 0 saturated carbocycles. The maximum absolute atomic E-state index is 11.9. The summed E-state index contributed by atoms with van der Waals surface area (Å²) >= 11 is 0. The Hall–Kier alpha value is -6.20. The summed E-state index contributed by atoms with van der Waals surface area (Å²) in [7, 11) is 2.60. The number of hydrogen-bond acceptors (Lipinski definition) is 10. The lowest BCUT2D eigenvalue weighted by atomic mass is 9.89. The van der Waals surface area contributed by atoms with Crippen LogP contribution in [0.25, 0.3) is 0 Å². The second-order valence-electron chi connectivity index (χ2n) is 15.5. The van der Waals surface area contributed by atoms with Gasteiger partial charge in [-0.05, 0) is 116 Å². The molecule has 0 aliphatic carbocycles. The highest BCUT2D eigenvalue weighted by Crippen LogP contribution is 2.34. The highest BCUT2D eigenvalue weighted by Gasteiger charge is 2.26. The molecule has 8 rings (SSSR count). The van der Waals surface area contributed by atoms with E-state index in [0.717, 1.165) is 69.2 Å². The van der Waals surface area contributed by atoms with Gasteiger partial charge in [0.05, 0.1) is 24.7 Å². The van der Waals surface area contributed by atoms with Crippen LogP contribution in [-0.4, -0.2) is 70.4 Å². The van der Waals surface area contributed by atoms with Gasteiger partial charge in [-0.2, -0.15) is 0 Å². The Balaban J connectivity index is 0.000000160. The quantitative estimate of drug-likeness (QED) is 0.0674. The van der Waals surface area contributed by atoms with Gasteiger partial charge in [0.1, 0.15) is 5.56 Å². The monoisotopic (exact) mass is 811 g/mol. The first-order valence-electron chi connectivity index (χ1n) is 21.0. The summed E-state index contributed by atoms with van der Waals surface area (Å²) in [5.74, 6) is 0.862. The number of anilines is 3. The Morgan fingerprint density at radius 2 is 0.967 bits per heavy atom. The molecule has 0 aromatic heterocycles. The van der Waals surface area contributed by atoms with Crippen molar-refractivity contribution in [2.75, 3.05) is 69.0 Å². The fourth-order valence-electron chi connectivity index (χ4n) is 8.45. The zero-order chi connectivity index (χ0) is 42.3. The Bertz CT molecular complexity index is 2130. The summed E-state index contributed by atoms with van der Waals surface area (Å²) in [5, 5.41) is 14.5. The topological polar surface area (TPSA) is 140 Å². The number of rotatable bonds is 8. The van der Waals surface area contributed by atoms with Crippen molar-refractivity contribution in [3.63, 3.8) is 0 Å². The van der Waals surface area contributed by atoms with Crippen LogP contribution in [0.2, 0.25) is 0 Å². The van der Waals surface area contributed by atoms with Crippen molar-refractivity contribution in [2.24, 2.45) is 0 Å². The van der Waals surface area contributed by atoms with Gasteiger partial charge in [-0.1, -0.05) is 91.0 Å². The fraction of sp³-hybridized carbons (Fsp3) is 0.347. The summed E-state index contributed by atoms with van der Waals surface area (Å²) < 4.78 is 9.48. The fourth-order valence-corrected chi connectivity index (χ4v) is 8.45. The minimum atomic E-state index is -0.687. The predicted molar refractivity (Wildman–Crippen MR) is 239 cm³/mol. The molecule has 60 heavy (non-hydrogen) atoms. The molecule has 0 bridgehead atoms. The molecule has 0 atom stereocenters. The third kappa shape index (κ3) is 11.5. The normalized spacial score (nSPS) is 16.0. The molecule has 11 heteroatoms. The summed E-state index contributed by atoms with van der Waals surface area (Å²) in [6, 6.07) is 42.2. The van der Waals surface area contributed by atoms with E-state index < -0.39 is 10.9 Å². The molecule has 3 aliphatic rings. The van der Waals surface area contributed by atoms with Crippen LogP contribution in [0.5, 0.6) is 0 Å². The van der Waals surface area contributed by atoms with Crippen molar-refractivity contribution in [1.82, 2.24) is 5.32 Å². The van der Waals surface area contributed by atoms with Crippen LogP contribution >= 0.6 is 0 Å². The van der Waals surface area contributed by atoms with Crippen LogP contribution in [0.4, 0.5) is 22.7 Å². The van der Waals surface area contributed by atoms with Gasteiger partial charge >= 0.3 is 11.9 Å². The Kier molecular flexibility index (Phi) is 15.7. The van der Waals surface area contributed by atoms with Crippen LogP contribution < -0.4 is 20.9 Å². The average Bonchev–Trinajstić information content (AvgIpc) is 3.32. The van der Waals surface area contributed by atoms with Gasteiger partial charge in [0, 0.05) is 49.3 Å². The lowest BCUT2D eigenvalue weighted by Gasteiger charge is -2.34. The number of ether oxygens (including phenoxy) is 2. The van der Waals surface area contributed by atoms with Crippen LogP contribution in [0.1, 0.15) is 93.7 Å². The second-order valence-corrected chi connectivity index (χ2v) is 15.5. The van der Waals surface area contributed by atoms with Gasteiger partial charge in [0.2, 0.25) is 0 Å². The number of nitrogens with two attached hydrogens (primary N) is 1. The van der Waals surface area contributed by atoms with E-state index >= 15 is 0 Å². The SMILES string of the molecule is COC(=O)c1cc(N2CCC(c3ccccc3)CC2)ccc1N.COC(=O)c1cc(N2CCC(c3ccccc3)CC2)ccc1[N+](=O)[O-].c1ccc(C2CCNCC2)cc1. The molecule has 314 valence electrons. The van der Waals surface area contributed by atoms with E-state index in [4.69, 9.17) is 10.5 Å². The first-order chi connectivity index (χ1) is 29.2. The zero-order valence-corrected chi connectivity index (χ0v) is 34.7. The van der Waals surface area contributed by atoms with Gasteiger partial charge < -0.3 is 30.3 Å². The Labute approximate surface area is 353 Å². The molecular formula is C49H57N5O6. The first kappa shape index (κ1) is 43.4. The maximum atomic E-state index is 11.9. The molecule has 3 heterocycles.